The van der Waals surface area contributed by atoms with Crippen LogP contribution >= 0.6 is 15.9 Å². The number of nitriles is 1. The summed E-state index contributed by atoms with van der Waals surface area (Å²) >= 11 is 3.42. The molecular formula is C10H7BrN4. The van der Waals surface area contributed by atoms with Crippen molar-refractivity contribution in [2.45, 2.75) is 0 Å². The van der Waals surface area contributed by atoms with E-state index in [0.29, 0.717) is 5.56 Å². The molecule has 4 nitrogen and oxygen atoms in total. The van der Waals surface area contributed by atoms with Crippen molar-refractivity contribution in [1.29, 1.82) is 5.26 Å². The van der Waals surface area contributed by atoms with Crippen molar-refractivity contribution in [3.8, 4) is 17.5 Å². The summed E-state index contributed by atoms with van der Waals surface area (Å²) in [5.74, 6) is 0.735. The van der Waals surface area contributed by atoms with Gasteiger partial charge in [-0.25, -0.2) is 0 Å². The third-order valence-electron chi connectivity index (χ3n) is 2.05. The molecular weight excluding hydrogens is 256 g/mol. The summed E-state index contributed by atoms with van der Waals surface area (Å²) in [7, 11) is 1.86. The number of aryl methyl sites for hydroxylation is 1. The molecule has 74 valence electrons. The number of halogens is 1. The van der Waals surface area contributed by atoms with E-state index in [1.165, 1.54) is 0 Å². The normalized spacial score (nSPS) is 9.93. The summed E-state index contributed by atoms with van der Waals surface area (Å²) in [4.78, 5) is 0. The second-order valence-corrected chi connectivity index (χ2v) is 3.93. The van der Waals surface area contributed by atoms with Gasteiger partial charge in [0.15, 0.2) is 5.82 Å². The minimum Gasteiger partial charge on any atom is -0.317 e. The zero-order valence-electron chi connectivity index (χ0n) is 7.98. The maximum Gasteiger partial charge on any atom is 0.164 e. The molecule has 0 unspecified atom stereocenters. The van der Waals surface area contributed by atoms with Gasteiger partial charge in [0.05, 0.1) is 11.6 Å². The Kier molecular flexibility index (Phi) is 2.52. The zero-order valence-corrected chi connectivity index (χ0v) is 9.56. The van der Waals surface area contributed by atoms with Crippen LogP contribution in [0, 0.1) is 11.3 Å². The summed E-state index contributed by atoms with van der Waals surface area (Å²) < 4.78 is 2.71. The summed E-state index contributed by atoms with van der Waals surface area (Å²) in [6, 6.07) is 7.47. The lowest BCUT2D eigenvalue weighted by Crippen LogP contribution is -1.92. The first-order valence-electron chi connectivity index (χ1n) is 4.26. The highest BCUT2D eigenvalue weighted by Crippen LogP contribution is 2.26. The van der Waals surface area contributed by atoms with Gasteiger partial charge in [0.2, 0.25) is 0 Å². The van der Waals surface area contributed by atoms with Crippen molar-refractivity contribution in [3.05, 3.63) is 34.6 Å². The summed E-state index contributed by atoms with van der Waals surface area (Å²) in [6.45, 7) is 0. The number of nitrogens with zero attached hydrogens (tertiary/aromatic N) is 4. The maximum absolute atomic E-state index is 8.81. The van der Waals surface area contributed by atoms with Crippen LogP contribution in [0.25, 0.3) is 11.4 Å². The molecule has 0 atom stereocenters. The summed E-state index contributed by atoms with van der Waals surface area (Å²) in [6.07, 6.45) is 1.63. The first kappa shape index (κ1) is 9.87. The molecule has 0 radical (unpaired) electrons. The van der Waals surface area contributed by atoms with Crippen LogP contribution in [-0.2, 0) is 7.05 Å². The SMILES string of the molecule is Cn1cnnc1-c1cc(C#N)ccc1Br. The van der Waals surface area contributed by atoms with Crippen LogP contribution < -0.4 is 0 Å². The average molecular weight is 263 g/mol. The van der Waals surface area contributed by atoms with Crippen LogP contribution in [0.15, 0.2) is 29.0 Å². The fourth-order valence-corrected chi connectivity index (χ4v) is 1.72. The van der Waals surface area contributed by atoms with Crippen LogP contribution in [0.4, 0.5) is 0 Å². The van der Waals surface area contributed by atoms with E-state index in [0.717, 1.165) is 15.9 Å². The number of rotatable bonds is 1. The Balaban J connectivity index is 2.63. The fourth-order valence-electron chi connectivity index (χ4n) is 1.29. The molecule has 0 saturated carbocycles. The highest BCUT2D eigenvalue weighted by atomic mass is 79.9. The van der Waals surface area contributed by atoms with Gasteiger partial charge in [-0.2, -0.15) is 5.26 Å². The van der Waals surface area contributed by atoms with E-state index in [-0.39, 0.29) is 0 Å². The molecule has 1 aromatic heterocycles. The molecule has 1 aromatic carbocycles. The third-order valence-corrected chi connectivity index (χ3v) is 2.74. The molecule has 0 aliphatic carbocycles. The van der Waals surface area contributed by atoms with Crippen LogP contribution in [0.5, 0.6) is 0 Å². The quantitative estimate of drug-likeness (QED) is 0.791. The molecule has 0 N–H and O–H groups in total. The highest BCUT2D eigenvalue weighted by Gasteiger charge is 2.09. The van der Waals surface area contributed by atoms with Gasteiger partial charge < -0.3 is 4.57 Å². The van der Waals surface area contributed by atoms with Gasteiger partial charge in [0, 0.05) is 17.1 Å². The predicted molar refractivity (Wildman–Crippen MR) is 58.9 cm³/mol. The van der Waals surface area contributed by atoms with E-state index >= 15 is 0 Å². The summed E-state index contributed by atoms with van der Waals surface area (Å²) in [5.41, 5.74) is 1.48. The average Bonchev–Trinajstić information content (AvgIpc) is 2.65. The smallest absolute Gasteiger partial charge is 0.164 e. The van der Waals surface area contributed by atoms with Crippen molar-refractivity contribution >= 4 is 15.9 Å². The first-order valence-corrected chi connectivity index (χ1v) is 5.05. The van der Waals surface area contributed by atoms with E-state index in [2.05, 4.69) is 32.2 Å². The van der Waals surface area contributed by atoms with Crippen molar-refractivity contribution in [3.63, 3.8) is 0 Å². The number of aromatic nitrogens is 3. The predicted octanol–water partition coefficient (Wildman–Crippen LogP) is 2.12. The number of benzene rings is 1. The number of hydrogen-bond donors (Lipinski definition) is 0. The van der Waals surface area contributed by atoms with E-state index < -0.39 is 0 Å². The largest absolute Gasteiger partial charge is 0.317 e. The monoisotopic (exact) mass is 262 g/mol. The van der Waals surface area contributed by atoms with Crippen molar-refractivity contribution in [2.75, 3.05) is 0 Å². The van der Waals surface area contributed by atoms with Gasteiger partial charge in [-0.1, -0.05) is 15.9 Å². The van der Waals surface area contributed by atoms with Gasteiger partial charge in [0.25, 0.3) is 0 Å². The standard InChI is InChI=1S/C10H7BrN4/c1-15-6-13-14-10(15)8-4-7(5-12)2-3-9(8)11/h2-4,6H,1H3. The highest BCUT2D eigenvalue weighted by molar-refractivity contribution is 9.10. The van der Waals surface area contributed by atoms with Gasteiger partial charge in [0.1, 0.15) is 6.33 Å². The lowest BCUT2D eigenvalue weighted by molar-refractivity contribution is 0.919. The van der Waals surface area contributed by atoms with E-state index in [9.17, 15) is 0 Å². The Hall–Kier alpha value is -1.67. The molecule has 5 heteroatoms. The minimum absolute atomic E-state index is 0.608. The van der Waals surface area contributed by atoms with Gasteiger partial charge in [-0.3, -0.25) is 0 Å². The van der Waals surface area contributed by atoms with Crippen LogP contribution in [0.2, 0.25) is 0 Å². The molecule has 15 heavy (non-hydrogen) atoms. The fraction of sp³-hybridized carbons (Fsp3) is 0.100. The third kappa shape index (κ3) is 1.76. The van der Waals surface area contributed by atoms with Crippen molar-refractivity contribution < 1.29 is 0 Å². The summed E-state index contributed by atoms with van der Waals surface area (Å²) in [5, 5.41) is 16.6. The second kappa shape index (κ2) is 3.83. The molecule has 0 saturated heterocycles. The van der Waals surface area contributed by atoms with Crippen molar-refractivity contribution in [1.82, 2.24) is 14.8 Å². The zero-order chi connectivity index (χ0) is 10.8. The lowest BCUT2D eigenvalue weighted by atomic mass is 10.1. The minimum atomic E-state index is 0.608. The molecule has 2 aromatic rings. The molecule has 0 aliphatic heterocycles. The molecule has 0 aliphatic rings. The lowest BCUT2D eigenvalue weighted by Gasteiger charge is -2.03. The Labute approximate surface area is 95.3 Å². The van der Waals surface area contributed by atoms with Gasteiger partial charge in [-0.15, -0.1) is 10.2 Å². The van der Waals surface area contributed by atoms with E-state index in [4.69, 9.17) is 5.26 Å². The van der Waals surface area contributed by atoms with E-state index in [1.807, 2.05) is 13.1 Å². The topological polar surface area (TPSA) is 54.5 Å². The van der Waals surface area contributed by atoms with Gasteiger partial charge >= 0.3 is 0 Å². The number of hydrogen-bond acceptors (Lipinski definition) is 3. The molecule has 0 spiro atoms. The Morgan fingerprint density at radius 1 is 1.47 bits per heavy atom. The molecule has 0 bridgehead atoms. The second-order valence-electron chi connectivity index (χ2n) is 3.07. The molecule has 1 heterocycles. The van der Waals surface area contributed by atoms with Crippen LogP contribution in [0.1, 0.15) is 5.56 Å². The molecule has 0 fully saturated rings. The Morgan fingerprint density at radius 2 is 2.27 bits per heavy atom. The Bertz CT molecular complexity index is 539. The van der Waals surface area contributed by atoms with E-state index in [1.54, 1.807) is 23.0 Å². The van der Waals surface area contributed by atoms with Crippen LogP contribution in [-0.4, -0.2) is 14.8 Å². The van der Waals surface area contributed by atoms with Gasteiger partial charge in [-0.05, 0) is 18.2 Å². The van der Waals surface area contributed by atoms with Crippen molar-refractivity contribution in [2.24, 2.45) is 7.05 Å². The maximum atomic E-state index is 8.81. The first-order chi connectivity index (χ1) is 7.22. The van der Waals surface area contributed by atoms with Crippen LogP contribution in [0.3, 0.4) is 0 Å². The Morgan fingerprint density at radius 3 is 2.87 bits per heavy atom. The molecule has 2 rings (SSSR count). The molecule has 0 amide bonds.